The van der Waals surface area contributed by atoms with Crippen molar-refractivity contribution in [2.24, 2.45) is 12.9 Å². The standard InChI is InChI=1S/C8H8F3N5S/c1-16-3-4(2-13-16)5-6(8(9,10)11)17-7(14-5)15-12/h2-3H,12H2,1H3,(H,14,15). The number of hydrogen-bond acceptors (Lipinski definition) is 5. The topological polar surface area (TPSA) is 68.8 Å². The third kappa shape index (κ3) is 2.24. The molecule has 0 unspecified atom stereocenters. The molecule has 0 saturated carbocycles. The lowest BCUT2D eigenvalue weighted by Crippen LogP contribution is -2.05. The number of hydrazine groups is 1. The highest BCUT2D eigenvalue weighted by Gasteiger charge is 2.37. The van der Waals surface area contributed by atoms with Gasteiger partial charge in [0.25, 0.3) is 0 Å². The van der Waals surface area contributed by atoms with Crippen molar-refractivity contribution in [2.75, 3.05) is 5.43 Å². The molecular formula is C8H8F3N5S. The number of rotatable bonds is 2. The Bertz CT molecular complexity index is 529. The zero-order valence-corrected chi connectivity index (χ0v) is 9.43. The largest absolute Gasteiger partial charge is 0.427 e. The van der Waals surface area contributed by atoms with Gasteiger partial charge in [0, 0.05) is 18.8 Å². The molecule has 3 N–H and O–H groups in total. The van der Waals surface area contributed by atoms with Crippen molar-refractivity contribution in [3.63, 3.8) is 0 Å². The first kappa shape index (κ1) is 11.9. The van der Waals surface area contributed by atoms with Crippen molar-refractivity contribution in [1.82, 2.24) is 14.8 Å². The number of aromatic nitrogens is 3. The maximum absolute atomic E-state index is 12.8. The third-order valence-corrected chi connectivity index (χ3v) is 3.02. The number of anilines is 1. The summed E-state index contributed by atoms with van der Waals surface area (Å²) in [5.41, 5.74) is 2.26. The molecule has 0 atom stereocenters. The van der Waals surface area contributed by atoms with Crippen LogP contribution in [0.3, 0.4) is 0 Å². The van der Waals surface area contributed by atoms with Crippen LogP contribution in [0.2, 0.25) is 0 Å². The highest BCUT2D eigenvalue weighted by Crippen LogP contribution is 2.42. The number of halogens is 3. The second-order valence-electron chi connectivity index (χ2n) is 3.24. The summed E-state index contributed by atoms with van der Waals surface area (Å²) in [6.45, 7) is 0. The first-order chi connectivity index (χ1) is 7.91. The molecule has 0 fully saturated rings. The number of nitrogens with two attached hydrogens (primary N) is 1. The number of thiazole rings is 1. The lowest BCUT2D eigenvalue weighted by molar-refractivity contribution is -0.134. The van der Waals surface area contributed by atoms with E-state index in [9.17, 15) is 13.2 Å². The van der Waals surface area contributed by atoms with Crippen molar-refractivity contribution in [3.8, 4) is 11.3 Å². The molecule has 2 aromatic rings. The summed E-state index contributed by atoms with van der Waals surface area (Å²) in [7, 11) is 1.62. The van der Waals surface area contributed by atoms with E-state index < -0.39 is 11.1 Å². The molecule has 17 heavy (non-hydrogen) atoms. The maximum Gasteiger partial charge on any atom is 0.427 e. The van der Waals surface area contributed by atoms with Gasteiger partial charge in [-0.15, -0.1) is 0 Å². The van der Waals surface area contributed by atoms with Crippen LogP contribution in [0, 0.1) is 0 Å². The van der Waals surface area contributed by atoms with E-state index in [4.69, 9.17) is 5.84 Å². The van der Waals surface area contributed by atoms with Gasteiger partial charge < -0.3 is 0 Å². The number of nitrogens with zero attached hydrogens (tertiary/aromatic N) is 3. The van der Waals surface area contributed by atoms with E-state index in [1.165, 1.54) is 17.1 Å². The van der Waals surface area contributed by atoms with Crippen LogP contribution in [0.4, 0.5) is 18.3 Å². The van der Waals surface area contributed by atoms with E-state index in [-0.39, 0.29) is 10.8 Å². The van der Waals surface area contributed by atoms with Gasteiger partial charge in [0.15, 0.2) is 5.13 Å². The number of hydrogen-bond donors (Lipinski definition) is 2. The van der Waals surface area contributed by atoms with Crippen molar-refractivity contribution in [3.05, 3.63) is 17.3 Å². The molecule has 0 aliphatic carbocycles. The lowest BCUT2D eigenvalue weighted by Gasteiger charge is -2.03. The fourth-order valence-electron chi connectivity index (χ4n) is 1.31. The molecule has 0 amide bonds. The van der Waals surface area contributed by atoms with E-state index in [1.807, 2.05) is 0 Å². The average molecular weight is 263 g/mol. The van der Waals surface area contributed by atoms with Crippen LogP contribution in [0.25, 0.3) is 11.3 Å². The fraction of sp³-hybridized carbons (Fsp3) is 0.250. The summed E-state index contributed by atoms with van der Waals surface area (Å²) < 4.78 is 39.7. The first-order valence-electron chi connectivity index (χ1n) is 4.45. The lowest BCUT2D eigenvalue weighted by atomic mass is 10.2. The summed E-state index contributed by atoms with van der Waals surface area (Å²) in [4.78, 5) is 2.99. The van der Waals surface area contributed by atoms with E-state index in [1.54, 1.807) is 7.05 Å². The van der Waals surface area contributed by atoms with Gasteiger partial charge in [0.2, 0.25) is 0 Å². The Morgan fingerprint density at radius 3 is 2.65 bits per heavy atom. The van der Waals surface area contributed by atoms with Gasteiger partial charge in [-0.05, 0) is 0 Å². The van der Waals surface area contributed by atoms with Crippen LogP contribution in [0.1, 0.15) is 4.88 Å². The summed E-state index contributed by atoms with van der Waals surface area (Å²) >= 11 is 0.461. The summed E-state index contributed by atoms with van der Waals surface area (Å²) in [5, 5.41) is 3.82. The fourth-order valence-corrected chi connectivity index (χ4v) is 2.08. The molecule has 0 saturated heterocycles. The quantitative estimate of drug-likeness (QED) is 0.641. The van der Waals surface area contributed by atoms with E-state index >= 15 is 0 Å². The molecule has 2 heterocycles. The molecule has 92 valence electrons. The third-order valence-electron chi connectivity index (χ3n) is 1.99. The normalized spacial score (nSPS) is 11.8. The van der Waals surface area contributed by atoms with Crippen molar-refractivity contribution < 1.29 is 13.2 Å². The number of aryl methyl sites for hydroxylation is 1. The van der Waals surface area contributed by atoms with Crippen LogP contribution in [-0.4, -0.2) is 14.8 Å². The Kier molecular flexibility index (Phi) is 2.79. The first-order valence-corrected chi connectivity index (χ1v) is 5.27. The van der Waals surface area contributed by atoms with Gasteiger partial charge in [0.05, 0.1) is 11.9 Å². The van der Waals surface area contributed by atoms with Crippen molar-refractivity contribution in [2.45, 2.75) is 6.18 Å². The molecule has 0 aliphatic rings. The Morgan fingerprint density at radius 2 is 2.18 bits per heavy atom. The van der Waals surface area contributed by atoms with Crippen LogP contribution in [0.15, 0.2) is 12.4 Å². The molecule has 2 aromatic heterocycles. The maximum atomic E-state index is 12.8. The smallest absolute Gasteiger partial charge is 0.300 e. The highest BCUT2D eigenvalue weighted by atomic mass is 32.1. The minimum absolute atomic E-state index is 0.0104. The van der Waals surface area contributed by atoms with Crippen molar-refractivity contribution >= 4 is 16.5 Å². The van der Waals surface area contributed by atoms with Gasteiger partial charge >= 0.3 is 6.18 Å². The van der Waals surface area contributed by atoms with Gasteiger partial charge in [0.1, 0.15) is 4.88 Å². The van der Waals surface area contributed by atoms with Crippen LogP contribution >= 0.6 is 11.3 Å². The molecule has 0 radical (unpaired) electrons. The second kappa shape index (κ2) is 4.00. The number of alkyl halides is 3. The molecular weight excluding hydrogens is 255 g/mol. The van der Waals surface area contributed by atoms with E-state index in [2.05, 4.69) is 15.5 Å². The number of nitrogen functional groups attached to an aromatic ring is 1. The van der Waals surface area contributed by atoms with Crippen LogP contribution in [-0.2, 0) is 13.2 Å². The van der Waals surface area contributed by atoms with Gasteiger partial charge in [-0.3, -0.25) is 10.1 Å². The number of nitrogens with one attached hydrogen (secondary N) is 1. The Morgan fingerprint density at radius 1 is 1.47 bits per heavy atom. The SMILES string of the molecule is Cn1cc(-c2nc(NN)sc2C(F)(F)F)cn1. The zero-order valence-electron chi connectivity index (χ0n) is 8.62. The Balaban J connectivity index is 2.56. The van der Waals surface area contributed by atoms with Gasteiger partial charge in [-0.1, -0.05) is 11.3 Å². The molecule has 5 nitrogen and oxygen atoms in total. The van der Waals surface area contributed by atoms with Crippen LogP contribution < -0.4 is 11.3 Å². The van der Waals surface area contributed by atoms with Gasteiger partial charge in [-0.2, -0.15) is 18.3 Å². The van der Waals surface area contributed by atoms with Crippen LogP contribution in [0.5, 0.6) is 0 Å². The Hall–Kier alpha value is -1.61. The van der Waals surface area contributed by atoms with E-state index in [0.717, 1.165) is 0 Å². The molecule has 0 aliphatic heterocycles. The highest BCUT2D eigenvalue weighted by molar-refractivity contribution is 7.16. The zero-order chi connectivity index (χ0) is 12.6. The summed E-state index contributed by atoms with van der Waals surface area (Å²) in [6.07, 6.45) is -1.67. The minimum Gasteiger partial charge on any atom is -0.300 e. The summed E-state index contributed by atoms with van der Waals surface area (Å²) in [5.74, 6) is 5.07. The average Bonchev–Trinajstić information content (AvgIpc) is 2.81. The minimum atomic E-state index is -4.46. The molecule has 0 spiro atoms. The molecule has 0 aromatic carbocycles. The Labute approximate surface area is 98.0 Å². The van der Waals surface area contributed by atoms with Gasteiger partial charge in [-0.25, -0.2) is 10.8 Å². The molecule has 9 heteroatoms. The summed E-state index contributed by atoms with van der Waals surface area (Å²) in [6, 6.07) is 0. The monoisotopic (exact) mass is 263 g/mol. The predicted octanol–water partition coefficient (Wildman–Crippen LogP) is 1.85. The van der Waals surface area contributed by atoms with E-state index in [0.29, 0.717) is 16.9 Å². The van der Waals surface area contributed by atoms with Crippen molar-refractivity contribution in [1.29, 1.82) is 0 Å². The molecule has 0 bridgehead atoms. The molecule has 2 rings (SSSR count). The second-order valence-corrected chi connectivity index (χ2v) is 4.24. The predicted molar refractivity (Wildman–Crippen MR) is 57.1 cm³/mol.